The Bertz CT molecular complexity index is 589. The monoisotopic (exact) mass is 246 g/mol. The first kappa shape index (κ1) is 11.0. The van der Waals surface area contributed by atoms with Crippen LogP contribution in [-0.4, -0.2) is 16.5 Å². The summed E-state index contributed by atoms with van der Waals surface area (Å²) in [5.74, 6) is 1.45. The molecule has 0 bridgehead atoms. The van der Waals surface area contributed by atoms with E-state index in [4.69, 9.17) is 4.42 Å². The average molecular weight is 246 g/mol. The molecule has 3 rings (SSSR count). The van der Waals surface area contributed by atoms with Crippen LogP contribution in [0.1, 0.15) is 17.0 Å². The van der Waals surface area contributed by atoms with Crippen LogP contribution < -0.4 is 16.3 Å². The van der Waals surface area contributed by atoms with Gasteiger partial charge in [-0.05, 0) is 12.1 Å². The lowest BCUT2D eigenvalue weighted by molar-refractivity contribution is 0.517. The van der Waals surface area contributed by atoms with Crippen LogP contribution in [0.4, 0.5) is 5.82 Å². The third-order valence-electron chi connectivity index (χ3n) is 2.99. The van der Waals surface area contributed by atoms with Crippen LogP contribution >= 0.6 is 0 Å². The Morgan fingerprint density at radius 3 is 3.28 bits per heavy atom. The number of nitrogens with zero attached hydrogens (tertiary/aromatic N) is 1. The largest absolute Gasteiger partial charge is 0.467 e. The van der Waals surface area contributed by atoms with E-state index in [9.17, 15) is 4.79 Å². The molecule has 0 aromatic carbocycles. The highest BCUT2D eigenvalue weighted by molar-refractivity contribution is 5.46. The first-order valence-corrected chi connectivity index (χ1v) is 5.92. The van der Waals surface area contributed by atoms with E-state index in [1.165, 1.54) is 0 Å². The van der Waals surface area contributed by atoms with E-state index in [-0.39, 0.29) is 5.69 Å². The van der Waals surface area contributed by atoms with Gasteiger partial charge in [-0.2, -0.15) is 4.98 Å². The van der Waals surface area contributed by atoms with Gasteiger partial charge in [0, 0.05) is 30.8 Å². The minimum atomic E-state index is -0.308. The number of fused-ring (bicyclic) bond motifs is 1. The van der Waals surface area contributed by atoms with Crippen molar-refractivity contribution in [3.63, 3.8) is 0 Å². The molecule has 1 aliphatic rings. The summed E-state index contributed by atoms with van der Waals surface area (Å²) in [5, 5.41) is 6.42. The highest BCUT2D eigenvalue weighted by atomic mass is 16.3. The highest BCUT2D eigenvalue weighted by Gasteiger charge is 2.15. The molecule has 18 heavy (non-hydrogen) atoms. The van der Waals surface area contributed by atoms with E-state index in [1.54, 1.807) is 6.26 Å². The zero-order valence-corrected chi connectivity index (χ0v) is 9.82. The molecule has 3 N–H and O–H groups in total. The molecule has 6 heteroatoms. The molecule has 2 aromatic rings. The molecule has 0 aliphatic carbocycles. The summed E-state index contributed by atoms with van der Waals surface area (Å²) < 4.78 is 5.24. The molecule has 0 radical (unpaired) electrons. The molecule has 0 amide bonds. The number of nitrogens with one attached hydrogen (secondary N) is 3. The van der Waals surface area contributed by atoms with E-state index in [0.717, 1.165) is 36.5 Å². The fourth-order valence-electron chi connectivity index (χ4n) is 2.11. The van der Waals surface area contributed by atoms with Gasteiger partial charge in [-0.1, -0.05) is 0 Å². The Morgan fingerprint density at radius 2 is 2.44 bits per heavy atom. The minimum absolute atomic E-state index is 0.308. The number of aromatic amines is 1. The van der Waals surface area contributed by atoms with Crippen molar-refractivity contribution in [3.05, 3.63) is 45.9 Å². The molecule has 0 atom stereocenters. The molecule has 0 spiro atoms. The number of rotatable bonds is 3. The van der Waals surface area contributed by atoms with Crippen LogP contribution in [0, 0.1) is 0 Å². The van der Waals surface area contributed by atoms with Crippen LogP contribution in [0.25, 0.3) is 0 Å². The lowest BCUT2D eigenvalue weighted by atomic mass is 10.1. The van der Waals surface area contributed by atoms with E-state index >= 15 is 0 Å². The van der Waals surface area contributed by atoms with Gasteiger partial charge in [0.2, 0.25) is 0 Å². The van der Waals surface area contributed by atoms with Crippen molar-refractivity contribution in [2.75, 3.05) is 11.9 Å². The summed E-state index contributed by atoms with van der Waals surface area (Å²) in [7, 11) is 0. The fraction of sp³-hybridized carbons (Fsp3) is 0.333. The first-order chi connectivity index (χ1) is 8.83. The number of anilines is 1. The number of hydrogen-bond acceptors (Lipinski definition) is 5. The number of hydrogen-bond donors (Lipinski definition) is 3. The average Bonchev–Trinajstić information content (AvgIpc) is 2.89. The molecular weight excluding hydrogens is 232 g/mol. The molecule has 1 aliphatic heterocycles. The van der Waals surface area contributed by atoms with E-state index in [2.05, 4.69) is 20.6 Å². The molecule has 6 nitrogen and oxygen atoms in total. The van der Waals surface area contributed by atoms with Crippen LogP contribution in [-0.2, 0) is 19.5 Å². The van der Waals surface area contributed by atoms with Crippen molar-refractivity contribution in [3.8, 4) is 0 Å². The van der Waals surface area contributed by atoms with E-state index < -0.39 is 0 Å². The SMILES string of the molecule is O=c1nc(NCc2ccco2)c2c([nH]1)CCNC2. The van der Waals surface area contributed by atoms with E-state index in [1.807, 2.05) is 12.1 Å². The molecule has 0 unspecified atom stereocenters. The predicted octanol–water partition coefficient (Wildman–Crippen LogP) is 0.621. The predicted molar refractivity (Wildman–Crippen MR) is 66.3 cm³/mol. The van der Waals surface area contributed by atoms with Gasteiger partial charge >= 0.3 is 5.69 Å². The summed E-state index contributed by atoms with van der Waals surface area (Å²) in [5.41, 5.74) is 1.70. The Morgan fingerprint density at radius 1 is 1.50 bits per heavy atom. The Kier molecular flexibility index (Phi) is 2.85. The van der Waals surface area contributed by atoms with Crippen LogP contribution in [0.3, 0.4) is 0 Å². The zero-order valence-electron chi connectivity index (χ0n) is 9.82. The highest BCUT2D eigenvalue weighted by Crippen LogP contribution is 2.17. The fourth-order valence-corrected chi connectivity index (χ4v) is 2.11. The summed E-state index contributed by atoms with van der Waals surface area (Å²) in [4.78, 5) is 18.2. The van der Waals surface area contributed by atoms with E-state index in [0.29, 0.717) is 12.4 Å². The van der Waals surface area contributed by atoms with Crippen molar-refractivity contribution in [1.29, 1.82) is 0 Å². The number of H-pyrrole nitrogens is 1. The molecule has 2 aromatic heterocycles. The van der Waals surface area contributed by atoms with Gasteiger partial charge in [0.05, 0.1) is 12.8 Å². The third kappa shape index (κ3) is 2.14. The summed E-state index contributed by atoms with van der Waals surface area (Å²) >= 11 is 0. The van der Waals surface area contributed by atoms with Crippen LogP contribution in [0.15, 0.2) is 27.6 Å². The van der Waals surface area contributed by atoms with Crippen molar-refractivity contribution >= 4 is 5.82 Å². The van der Waals surface area contributed by atoms with Gasteiger partial charge in [0.25, 0.3) is 0 Å². The summed E-state index contributed by atoms with van der Waals surface area (Å²) in [6.07, 6.45) is 2.45. The second kappa shape index (κ2) is 4.66. The van der Waals surface area contributed by atoms with Gasteiger partial charge in [-0.15, -0.1) is 0 Å². The van der Waals surface area contributed by atoms with Crippen molar-refractivity contribution in [2.24, 2.45) is 0 Å². The van der Waals surface area contributed by atoms with Gasteiger partial charge in [-0.25, -0.2) is 4.79 Å². The molecule has 3 heterocycles. The summed E-state index contributed by atoms with van der Waals surface area (Å²) in [6.45, 7) is 2.13. The molecule has 0 saturated heterocycles. The van der Waals surface area contributed by atoms with Crippen LogP contribution in [0.2, 0.25) is 0 Å². The minimum Gasteiger partial charge on any atom is -0.467 e. The van der Waals surface area contributed by atoms with Gasteiger partial charge in [0.1, 0.15) is 11.6 Å². The van der Waals surface area contributed by atoms with Crippen molar-refractivity contribution < 1.29 is 4.42 Å². The van der Waals surface area contributed by atoms with Crippen LogP contribution in [0.5, 0.6) is 0 Å². The van der Waals surface area contributed by atoms with Gasteiger partial charge in [0.15, 0.2) is 0 Å². The lowest BCUT2D eigenvalue weighted by Gasteiger charge is -2.19. The third-order valence-corrected chi connectivity index (χ3v) is 2.99. The Labute approximate surface area is 103 Å². The first-order valence-electron chi connectivity index (χ1n) is 5.92. The Hall–Kier alpha value is -2.08. The molecular formula is C12H14N4O2. The van der Waals surface area contributed by atoms with Gasteiger partial charge < -0.3 is 20.0 Å². The molecule has 0 saturated carbocycles. The second-order valence-electron chi connectivity index (χ2n) is 4.21. The number of aromatic nitrogens is 2. The van der Waals surface area contributed by atoms with Gasteiger partial charge in [-0.3, -0.25) is 0 Å². The maximum atomic E-state index is 11.5. The topological polar surface area (TPSA) is 83.0 Å². The quantitative estimate of drug-likeness (QED) is 0.739. The Balaban J connectivity index is 1.86. The molecule has 0 fully saturated rings. The smallest absolute Gasteiger partial charge is 0.347 e. The van der Waals surface area contributed by atoms with Crippen molar-refractivity contribution in [1.82, 2.24) is 15.3 Å². The maximum Gasteiger partial charge on any atom is 0.347 e. The molecule has 94 valence electrons. The normalized spacial score (nSPS) is 14.2. The summed E-state index contributed by atoms with van der Waals surface area (Å²) in [6, 6.07) is 3.71. The zero-order chi connectivity index (χ0) is 12.4. The lowest BCUT2D eigenvalue weighted by Crippen LogP contribution is -2.29. The second-order valence-corrected chi connectivity index (χ2v) is 4.21. The number of furan rings is 1. The maximum absolute atomic E-state index is 11.5. The van der Waals surface area contributed by atoms with Crippen molar-refractivity contribution in [2.45, 2.75) is 19.5 Å². The standard InChI is InChI=1S/C12H14N4O2/c17-12-15-10-3-4-13-7-9(10)11(16-12)14-6-8-2-1-5-18-8/h1-2,5,13H,3-4,6-7H2,(H2,14,15,16,17).